The summed E-state index contributed by atoms with van der Waals surface area (Å²) in [5, 5.41) is 20.8. The van der Waals surface area contributed by atoms with Gasteiger partial charge < -0.3 is 15.1 Å². The summed E-state index contributed by atoms with van der Waals surface area (Å²) < 4.78 is 0. The summed E-state index contributed by atoms with van der Waals surface area (Å²) in [6, 6.07) is 12.8. The van der Waals surface area contributed by atoms with E-state index in [9.17, 15) is 15.0 Å². The fraction of sp³-hybridized carbons (Fsp3) is 0.250. The summed E-state index contributed by atoms with van der Waals surface area (Å²) in [5.74, 6) is -0.251. The van der Waals surface area contributed by atoms with Gasteiger partial charge in [0.05, 0.1) is 17.8 Å². The predicted molar refractivity (Wildman–Crippen MR) is 96.7 cm³/mol. The maximum absolute atomic E-state index is 12.6. The van der Waals surface area contributed by atoms with Crippen LogP contribution in [-0.4, -0.2) is 50.2 Å². The van der Waals surface area contributed by atoms with Gasteiger partial charge in [-0.3, -0.25) is 9.78 Å². The molecule has 0 bridgehead atoms. The number of β-amino-alcohol motifs (C(OH)–C–C–N with tert-alkyl or cyclic N) is 1. The molecule has 3 aromatic rings. The molecule has 1 saturated heterocycles. The topological polar surface area (TPSA) is 86.5 Å². The number of likely N-dealkylation sites (tertiary alicyclic amines) is 1. The SMILES string of the molecule is O=C(c1ccc(O)cn1)N1C[C@@H](Cc2ccnc3ccccc23)[C@H](O)C1. The number of fused-ring (bicyclic) bond motifs is 1. The average molecular weight is 349 g/mol. The van der Waals surface area contributed by atoms with Crippen LogP contribution in [0.1, 0.15) is 16.1 Å². The molecule has 6 heteroatoms. The van der Waals surface area contributed by atoms with E-state index in [2.05, 4.69) is 9.97 Å². The average Bonchev–Trinajstić information content (AvgIpc) is 3.03. The van der Waals surface area contributed by atoms with Gasteiger partial charge in [0.1, 0.15) is 11.4 Å². The van der Waals surface area contributed by atoms with Crippen molar-refractivity contribution in [2.75, 3.05) is 13.1 Å². The summed E-state index contributed by atoms with van der Waals surface area (Å²) in [6.07, 6.45) is 3.13. The summed E-state index contributed by atoms with van der Waals surface area (Å²) in [7, 11) is 0. The minimum atomic E-state index is -0.581. The van der Waals surface area contributed by atoms with E-state index in [1.165, 1.54) is 18.3 Å². The van der Waals surface area contributed by atoms with E-state index < -0.39 is 6.10 Å². The van der Waals surface area contributed by atoms with E-state index in [0.717, 1.165) is 16.5 Å². The first-order chi connectivity index (χ1) is 12.6. The molecule has 0 spiro atoms. The first kappa shape index (κ1) is 16.5. The molecule has 3 heterocycles. The fourth-order valence-electron chi connectivity index (χ4n) is 3.51. The third-order valence-electron chi connectivity index (χ3n) is 4.88. The van der Waals surface area contributed by atoms with E-state index in [-0.39, 0.29) is 29.8 Å². The Bertz CT molecular complexity index is 937. The first-order valence-electron chi connectivity index (χ1n) is 8.57. The van der Waals surface area contributed by atoms with Crippen molar-refractivity contribution in [3.8, 4) is 5.75 Å². The second-order valence-corrected chi connectivity index (χ2v) is 6.63. The van der Waals surface area contributed by atoms with Crippen LogP contribution < -0.4 is 0 Å². The standard InChI is InChI=1S/C20H19N3O3/c24-15-5-6-18(22-10-15)20(26)23-11-14(19(25)12-23)9-13-7-8-21-17-4-2-1-3-16(13)17/h1-8,10,14,19,24-25H,9,11-12H2/t14-,19-/m1/s1. The smallest absolute Gasteiger partial charge is 0.272 e. The normalized spacial score (nSPS) is 19.8. The van der Waals surface area contributed by atoms with Gasteiger partial charge in [0.2, 0.25) is 0 Å². The van der Waals surface area contributed by atoms with E-state index in [1.807, 2.05) is 30.3 Å². The molecule has 26 heavy (non-hydrogen) atoms. The number of carbonyl (C=O) groups is 1. The van der Waals surface area contributed by atoms with Crippen molar-refractivity contribution in [2.24, 2.45) is 5.92 Å². The fourth-order valence-corrected chi connectivity index (χ4v) is 3.51. The first-order valence-corrected chi connectivity index (χ1v) is 8.57. The number of hydrogen-bond donors (Lipinski definition) is 2. The summed E-state index contributed by atoms with van der Waals surface area (Å²) in [4.78, 5) is 22.5. The van der Waals surface area contributed by atoms with Gasteiger partial charge in [-0.05, 0) is 36.2 Å². The van der Waals surface area contributed by atoms with E-state index >= 15 is 0 Å². The molecular weight excluding hydrogens is 330 g/mol. The Morgan fingerprint density at radius 2 is 1.96 bits per heavy atom. The molecule has 1 amide bonds. The Hall–Kier alpha value is -2.99. The molecule has 0 radical (unpaired) electrons. The van der Waals surface area contributed by atoms with Crippen LogP contribution in [0.2, 0.25) is 0 Å². The minimum absolute atomic E-state index is 0.0189. The van der Waals surface area contributed by atoms with Gasteiger partial charge in [0.15, 0.2) is 0 Å². The van der Waals surface area contributed by atoms with E-state index in [4.69, 9.17) is 0 Å². The second kappa shape index (κ2) is 6.72. The number of benzene rings is 1. The lowest BCUT2D eigenvalue weighted by Gasteiger charge is -2.16. The Morgan fingerprint density at radius 1 is 1.12 bits per heavy atom. The molecule has 2 aromatic heterocycles. The van der Waals surface area contributed by atoms with Crippen LogP contribution in [0.3, 0.4) is 0 Å². The van der Waals surface area contributed by atoms with Gasteiger partial charge >= 0.3 is 0 Å². The highest BCUT2D eigenvalue weighted by Crippen LogP contribution is 2.26. The number of aromatic nitrogens is 2. The number of rotatable bonds is 3. The van der Waals surface area contributed by atoms with Gasteiger partial charge in [0.25, 0.3) is 5.91 Å². The monoisotopic (exact) mass is 349 g/mol. The number of carbonyl (C=O) groups excluding carboxylic acids is 1. The largest absolute Gasteiger partial charge is 0.506 e. The lowest BCUT2D eigenvalue weighted by Crippen LogP contribution is -2.30. The number of hydrogen-bond acceptors (Lipinski definition) is 5. The number of aromatic hydroxyl groups is 1. The second-order valence-electron chi connectivity index (χ2n) is 6.63. The lowest BCUT2D eigenvalue weighted by atomic mass is 9.94. The number of aliphatic hydroxyl groups excluding tert-OH is 1. The highest BCUT2D eigenvalue weighted by Gasteiger charge is 2.35. The predicted octanol–water partition coefficient (Wildman–Crippen LogP) is 2.01. The molecule has 4 rings (SSSR count). The molecule has 6 nitrogen and oxygen atoms in total. The molecule has 0 unspecified atom stereocenters. The molecule has 0 aliphatic carbocycles. The zero-order chi connectivity index (χ0) is 18.1. The van der Waals surface area contributed by atoms with Gasteiger partial charge in [0, 0.05) is 30.6 Å². The molecule has 1 aliphatic heterocycles. The Labute approximate surface area is 150 Å². The maximum Gasteiger partial charge on any atom is 0.272 e. The molecule has 1 aromatic carbocycles. The highest BCUT2D eigenvalue weighted by molar-refractivity contribution is 5.92. The van der Waals surface area contributed by atoms with Crippen LogP contribution in [0, 0.1) is 5.92 Å². The number of aliphatic hydroxyl groups is 1. The van der Waals surface area contributed by atoms with Crippen molar-refractivity contribution in [1.82, 2.24) is 14.9 Å². The number of nitrogens with zero attached hydrogens (tertiary/aromatic N) is 3. The number of amides is 1. The maximum atomic E-state index is 12.6. The zero-order valence-corrected chi connectivity index (χ0v) is 14.1. The van der Waals surface area contributed by atoms with Gasteiger partial charge in [-0.1, -0.05) is 18.2 Å². The zero-order valence-electron chi connectivity index (χ0n) is 14.1. The summed E-state index contributed by atoms with van der Waals surface area (Å²) >= 11 is 0. The lowest BCUT2D eigenvalue weighted by molar-refractivity contribution is 0.0759. The third-order valence-corrected chi connectivity index (χ3v) is 4.88. The van der Waals surface area contributed by atoms with Crippen molar-refractivity contribution in [3.63, 3.8) is 0 Å². The molecule has 1 fully saturated rings. The Kier molecular flexibility index (Phi) is 4.26. The van der Waals surface area contributed by atoms with Crippen LogP contribution >= 0.6 is 0 Å². The Balaban J connectivity index is 1.52. The molecule has 132 valence electrons. The quantitative estimate of drug-likeness (QED) is 0.755. The molecule has 2 atom stereocenters. The third kappa shape index (κ3) is 3.11. The van der Waals surface area contributed by atoms with Crippen LogP contribution in [-0.2, 0) is 6.42 Å². The summed E-state index contributed by atoms with van der Waals surface area (Å²) in [5.41, 5.74) is 2.32. The Morgan fingerprint density at radius 3 is 2.77 bits per heavy atom. The number of pyridine rings is 2. The molecule has 1 aliphatic rings. The van der Waals surface area contributed by atoms with Gasteiger partial charge in [-0.25, -0.2) is 4.98 Å². The highest BCUT2D eigenvalue weighted by atomic mass is 16.3. The van der Waals surface area contributed by atoms with Crippen LogP contribution in [0.4, 0.5) is 0 Å². The van der Waals surface area contributed by atoms with Gasteiger partial charge in [-0.2, -0.15) is 0 Å². The summed E-state index contributed by atoms with van der Waals surface area (Å²) in [6.45, 7) is 0.758. The molecular formula is C20H19N3O3. The number of para-hydroxylation sites is 1. The van der Waals surface area contributed by atoms with Gasteiger partial charge in [-0.15, -0.1) is 0 Å². The van der Waals surface area contributed by atoms with Crippen molar-refractivity contribution < 1.29 is 15.0 Å². The van der Waals surface area contributed by atoms with Crippen LogP contribution in [0.5, 0.6) is 5.75 Å². The van der Waals surface area contributed by atoms with Crippen LogP contribution in [0.15, 0.2) is 54.9 Å². The van der Waals surface area contributed by atoms with Crippen molar-refractivity contribution in [3.05, 3.63) is 66.1 Å². The van der Waals surface area contributed by atoms with Crippen molar-refractivity contribution in [2.45, 2.75) is 12.5 Å². The van der Waals surface area contributed by atoms with E-state index in [0.29, 0.717) is 13.0 Å². The van der Waals surface area contributed by atoms with Crippen molar-refractivity contribution in [1.29, 1.82) is 0 Å². The molecule has 2 N–H and O–H groups in total. The van der Waals surface area contributed by atoms with Crippen LogP contribution in [0.25, 0.3) is 10.9 Å². The van der Waals surface area contributed by atoms with Crippen molar-refractivity contribution >= 4 is 16.8 Å². The minimum Gasteiger partial charge on any atom is -0.506 e. The molecule has 0 saturated carbocycles. The van der Waals surface area contributed by atoms with E-state index in [1.54, 1.807) is 11.1 Å².